The molecule has 6 heteroatoms. The Balaban J connectivity index is 2.10. The summed E-state index contributed by atoms with van der Waals surface area (Å²) in [6.07, 6.45) is 1.17. The van der Waals surface area contributed by atoms with E-state index in [2.05, 4.69) is 10.2 Å². The number of hydrogen-bond acceptors (Lipinski definition) is 3. The van der Waals surface area contributed by atoms with E-state index in [0.717, 1.165) is 22.4 Å². The molecule has 2 aromatic carbocycles. The molecule has 0 fully saturated rings. The Bertz CT molecular complexity index is 943. The zero-order valence-electron chi connectivity index (χ0n) is 12.7. The van der Waals surface area contributed by atoms with Crippen molar-refractivity contribution in [3.8, 4) is 22.4 Å². The molecule has 3 rings (SSSR count). The molecule has 0 aliphatic heterocycles. The number of aromatic amines is 1. The molecule has 1 heterocycles. The Labute approximate surface area is 133 Å². The lowest BCUT2D eigenvalue weighted by Crippen LogP contribution is -1.96. The lowest BCUT2D eigenvalue weighted by Gasteiger charge is -2.06. The summed E-state index contributed by atoms with van der Waals surface area (Å²) in [6.45, 7) is 1.89. The van der Waals surface area contributed by atoms with Crippen LogP contribution in [0.1, 0.15) is 5.69 Å². The molecule has 0 spiro atoms. The fourth-order valence-corrected chi connectivity index (χ4v) is 3.10. The number of sulfone groups is 1. The number of rotatable bonds is 3. The molecule has 1 aromatic heterocycles. The third-order valence-corrected chi connectivity index (χ3v) is 4.76. The van der Waals surface area contributed by atoms with Gasteiger partial charge in [-0.25, -0.2) is 12.8 Å². The molecule has 0 aliphatic carbocycles. The highest BCUT2D eigenvalue weighted by Gasteiger charge is 2.15. The monoisotopic (exact) mass is 330 g/mol. The Hall–Kier alpha value is -2.47. The first-order chi connectivity index (χ1) is 10.9. The van der Waals surface area contributed by atoms with Crippen LogP contribution in [0.15, 0.2) is 53.4 Å². The predicted octanol–water partition coefficient (Wildman–Crippen LogP) is 3.59. The lowest BCUT2D eigenvalue weighted by molar-refractivity contribution is 0.602. The van der Waals surface area contributed by atoms with Crippen molar-refractivity contribution < 1.29 is 12.8 Å². The Kier molecular flexibility index (Phi) is 3.77. The number of H-pyrrole nitrogens is 1. The molecule has 0 bridgehead atoms. The Morgan fingerprint density at radius 1 is 0.957 bits per heavy atom. The van der Waals surface area contributed by atoms with E-state index in [1.807, 2.05) is 6.92 Å². The van der Waals surface area contributed by atoms with E-state index in [-0.39, 0.29) is 10.7 Å². The summed E-state index contributed by atoms with van der Waals surface area (Å²) < 4.78 is 36.2. The van der Waals surface area contributed by atoms with Gasteiger partial charge in [-0.15, -0.1) is 0 Å². The van der Waals surface area contributed by atoms with E-state index >= 15 is 0 Å². The maximum absolute atomic E-state index is 13.1. The van der Waals surface area contributed by atoms with Gasteiger partial charge in [-0.05, 0) is 36.8 Å². The fourth-order valence-electron chi connectivity index (χ4n) is 2.47. The molecule has 118 valence electrons. The van der Waals surface area contributed by atoms with Gasteiger partial charge in [0.05, 0.1) is 4.90 Å². The smallest absolute Gasteiger partial charge is 0.175 e. The molecule has 0 amide bonds. The van der Waals surface area contributed by atoms with Crippen LogP contribution in [0.25, 0.3) is 22.4 Å². The Morgan fingerprint density at radius 3 is 2.09 bits per heavy atom. The zero-order valence-corrected chi connectivity index (χ0v) is 13.5. The minimum absolute atomic E-state index is 0.261. The second kappa shape index (κ2) is 5.62. The van der Waals surface area contributed by atoms with Crippen LogP contribution in [-0.4, -0.2) is 24.9 Å². The van der Waals surface area contributed by atoms with Crippen molar-refractivity contribution in [2.24, 2.45) is 0 Å². The summed E-state index contributed by atoms with van der Waals surface area (Å²) in [7, 11) is -3.23. The van der Waals surface area contributed by atoms with Gasteiger partial charge in [0.2, 0.25) is 0 Å². The minimum atomic E-state index is -3.23. The molecule has 0 aliphatic rings. The average molecular weight is 330 g/mol. The molecule has 0 radical (unpaired) electrons. The summed E-state index contributed by atoms with van der Waals surface area (Å²) in [5.41, 5.74) is 4.07. The first kappa shape index (κ1) is 15.4. The van der Waals surface area contributed by atoms with Gasteiger partial charge in [-0.1, -0.05) is 24.3 Å². The summed E-state index contributed by atoms with van der Waals surface area (Å²) in [5.74, 6) is -0.297. The molecule has 0 saturated heterocycles. The number of nitrogens with zero attached hydrogens (tertiary/aromatic N) is 1. The third kappa shape index (κ3) is 3.03. The highest BCUT2D eigenvalue weighted by molar-refractivity contribution is 7.90. The number of hydrogen-bond donors (Lipinski definition) is 1. The molecule has 0 atom stereocenters. The summed E-state index contributed by atoms with van der Waals surface area (Å²) in [6, 6.07) is 12.8. The van der Waals surface area contributed by atoms with Crippen molar-refractivity contribution in [3.05, 3.63) is 60.0 Å². The van der Waals surface area contributed by atoms with Crippen molar-refractivity contribution in [2.45, 2.75) is 11.8 Å². The van der Waals surface area contributed by atoms with Crippen LogP contribution in [0.5, 0.6) is 0 Å². The number of aromatic nitrogens is 2. The molecule has 4 nitrogen and oxygen atoms in total. The van der Waals surface area contributed by atoms with Crippen molar-refractivity contribution in [3.63, 3.8) is 0 Å². The summed E-state index contributed by atoms with van der Waals surface area (Å²) in [5, 5.41) is 7.24. The fraction of sp³-hybridized carbons (Fsp3) is 0.118. The van der Waals surface area contributed by atoms with Crippen LogP contribution in [0.3, 0.4) is 0 Å². The molecular formula is C17H15FN2O2S. The van der Waals surface area contributed by atoms with Crippen molar-refractivity contribution in [1.82, 2.24) is 10.2 Å². The molecule has 0 unspecified atom stereocenters. The van der Waals surface area contributed by atoms with E-state index in [4.69, 9.17) is 0 Å². The predicted molar refractivity (Wildman–Crippen MR) is 87.3 cm³/mol. The van der Waals surface area contributed by atoms with Gasteiger partial charge in [0.25, 0.3) is 0 Å². The van der Waals surface area contributed by atoms with Crippen LogP contribution in [-0.2, 0) is 9.84 Å². The van der Waals surface area contributed by atoms with Gasteiger partial charge in [-0.3, -0.25) is 5.10 Å². The summed E-state index contributed by atoms with van der Waals surface area (Å²) in [4.78, 5) is 0.261. The highest BCUT2D eigenvalue weighted by atomic mass is 32.2. The first-order valence-electron chi connectivity index (χ1n) is 6.97. The van der Waals surface area contributed by atoms with E-state index < -0.39 is 9.84 Å². The maximum atomic E-state index is 13.1. The second-order valence-corrected chi connectivity index (χ2v) is 7.39. The Morgan fingerprint density at radius 2 is 1.52 bits per heavy atom. The van der Waals surface area contributed by atoms with Crippen LogP contribution in [0, 0.1) is 12.7 Å². The summed E-state index contributed by atoms with van der Waals surface area (Å²) >= 11 is 0. The highest BCUT2D eigenvalue weighted by Crippen LogP contribution is 2.33. The van der Waals surface area contributed by atoms with Gasteiger partial charge < -0.3 is 0 Å². The average Bonchev–Trinajstić information content (AvgIpc) is 2.89. The normalized spacial score (nSPS) is 11.6. The van der Waals surface area contributed by atoms with E-state index in [1.165, 1.54) is 18.4 Å². The second-order valence-electron chi connectivity index (χ2n) is 5.38. The van der Waals surface area contributed by atoms with Crippen LogP contribution >= 0.6 is 0 Å². The van der Waals surface area contributed by atoms with Crippen molar-refractivity contribution in [1.29, 1.82) is 0 Å². The maximum Gasteiger partial charge on any atom is 0.175 e. The number of halogens is 1. The van der Waals surface area contributed by atoms with E-state index in [9.17, 15) is 12.8 Å². The zero-order chi connectivity index (χ0) is 16.6. The largest absolute Gasteiger partial charge is 0.282 e. The topological polar surface area (TPSA) is 62.8 Å². The van der Waals surface area contributed by atoms with Gasteiger partial charge in [-0.2, -0.15) is 5.10 Å². The molecular weight excluding hydrogens is 315 g/mol. The molecule has 1 N–H and O–H groups in total. The third-order valence-electron chi connectivity index (χ3n) is 3.64. The van der Waals surface area contributed by atoms with Gasteiger partial charge >= 0.3 is 0 Å². The SMILES string of the molecule is Cc1[nH]nc(-c2ccc(S(C)(=O)=O)cc2)c1-c1ccc(F)cc1. The van der Waals surface area contributed by atoms with Crippen molar-refractivity contribution in [2.75, 3.05) is 6.26 Å². The van der Waals surface area contributed by atoms with Crippen LogP contribution < -0.4 is 0 Å². The van der Waals surface area contributed by atoms with E-state index in [0.29, 0.717) is 5.69 Å². The van der Waals surface area contributed by atoms with Crippen LogP contribution in [0.2, 0.25) is 0 Å². The first-order valence-corrected chi connectivity index (χ1v) is 8.87. The van der Waals surface area contributed by atoms with Crippen LogP contribution in [0.4, 0.5) is 4.39 Å². The van der Waals surface area contributed by atoms with E-state index in [1.54, 1.807) is 36.4 Å². The number of nitrogens with one attached hydrogen (secondary N) is 1. The standard InChI is InChI=1S/C17H15FN2O2S/c1-11-16(12-3-7-14(18)8-4-12)17(20-19-11)13-5-9-15(10-6-13)23(2,21)22/h3-10H,1-2H3,(H,19,20). The van der Waals surface area contributed by atoms with Gasteiger partial charge in [0.1, 0.15) is 11.5 Å². The number of aryl methyl sites for hydroxylation is 1. The minimum Gasteiger partial charge on any atom is -0.282 e. The van der Waals surface area contributed by atoms with Gasteiger partial charge in [0, 0.05) is 23.1 Å². The quantitative estimate of drug-likeness (QED) is 0.798. The molecule has 3 aromatic rings. The van der Waals surface area contributed by atoms with Crippen molar-refractivity contribution >= 4 is 9.84 Å². The molecule has 23 heavy (non-hydrogen) atoms. The van der Waals surface area contributed by atoms with Gasteiger partial charge in [0.15, 0.2) is 9.84 Å². The molecule has 0 saturated carbocycles. The number of benzene rings is 2. The lowest BCUT2D eigenvalue weighted by atomic mass is 9.99.